The van der Waals surface area contributed by atoms with E-state index in [-0.39, 0.29) is 5.89 Å². The summed E-state index contributed by atoms with van der Waals surface area (Å²) in [5, 5.41) is 4.32. The summed E-state index contributed by atoms with van der Waals surface area (Å²) in [6.45, 7) is 0. The predicted molar refractivity (Wildman–Crippen MR) is 93.0 cm³/mol. The van der Waals surface area contributed by atoms with E-state index < -0.39 is 0 Å². The number of hydrogen-bond acceptors (Lipinski definition) is 5. The highest BCUT2D eigenvalue weighted by atomic mass is 35.5. The third-order valence-corrected chi connectivity index (χ3v) is 3.64. The maximum absolute atomic E-state index is 6.30. The summed E-state index contributed by atoms with van der Waals surface area (Å²) < 4.78 is 15.8. The molecule has 0 radical (unpaired) electrons. The summed E-state index contributed by atoms with van der Waals surface area (Å²) in [7, 11) is 3.21. The Bertz CT molecular complexity index is 874. The summed E-state index contributed by atoms with van der Waals surface area (Å²) in [6.07, 6.45) is 1.74. The maximum atomic E-state index is 6.30. The summed E-state index contributed by atoms with van der Waals surface area (Å²) in [6, 6.07) is 14.9. The van der Waals surface area contributed by atoms with Crippen molar-refractivity contribution in [2.24, 2.45) is 0 Å². The van der Waals surface area contributed by atoms with Crippen molar-refractivity contribution in [3.8, 4) is 22.9 Å². The van der Waals surface area contributed by atoms with Gasteiger partial charge in [-0.3, -0.25) is 0 Å². The molecule has 0 saturated heterocycles. The fourth-order valence-electron chi connectivity index (χ4n) is 2.20. The number of rotatable bonds is 5. The Morgan fingerprint density at radius 3 is 2.71 bits per heavy atom. The third kappa shape index (κ3) is 3.41. The lowest BCUT2D eigenvalue weighted by Gasteiger charge is -2.03. The Morgan fingerprint density at radius 2 is 1.92 bits per heavy atom. The minimum Gasteiger partial charge on any atom is -0.497 e. The van der Waals surface area contributed by atoms with E-state index in [9.17, 15) is 0 Å². The van der Waals surface area contributed by atoms with Crippen LogP contribution in [-0.4, -0.2) is 24.4 Å². The lowest BCUT2D eigenvalue weighted by molar-refractivity contribution is 0.406. The molecule has 0 bridgehead atoms. The molecule has 0 saturated carbocycles. The van der Waals surface area contributed by atoms with Gasteiger partial charge in [-0.25, -0.2) is 0 Å². The van der Waals surface area contributed by atoms with Gasteiger partial charge in [0.15, 0.2) is 0 Å². The Morgan fingerprint density at radius 1 is 1.08 bits per heavy atom. The van der Waals surface area contributed by atoms with Crippen molar-refractivity contribution in [1.29, 1.82) is 0 Å². The van der Waals surface area contributed by atoms with E-state index in [1.54, 1.807) is 20.3 Å². The van der Waals surface area contributed by atoms with Gasteiger partial charge in [-0.15, -0.1) is 0 Å². The predicted octanol–water partition coefficient (Wildman–Crippen LogP) is 4.49. The molecule has 0 amide bonds. The van der Waals surface area contributed by atoms with E-state index in [0.717, 1.165) is 16.9 Å². The van der Waals surface area contributed by atoms with Crippen molar-refractivity contribution in [2.45, 2.75) is 0 Å². The number of benzene rings is 2. The normalized spacial score (nSPS) is 11.4. The van der Waals surface area contributed by atoms with E-state index in [1.807, 2.05) is 48.5 Å². The second-order valence-corrected chi connectivity index (χ2v) is 5.30. The van der Waals surface area contributed by atoms with Crippen LogP contribution in [0.4, 0.5) is 0 Å². The monoisotopic (exact) mass is 342 g/mol. The molecular weight excluding hydrogens is 328 g/mol. The van der Waals surface area contributed by atoms with Crippen LogP contribution in [0.1, 0.15) is 11.5 Å². The maximum Gasteiger partial charge on any atom is 0.269 e. The van der Waals surface area contributed by atoms with Gasteiger partial charge in [0.05, 0.1) is 19.8 Å². The first-order valence-electron chi connectivity index (χ1n) is 7.20. The van der Waals surface area contributed by atoms with Crippen molar-refractivity contribution >= 4 is 22.7 Å². The first-order chi connectivity index (χ1) is 11.7. The Balaban J connectivity index is 1.90. The van der Waals surface area contributed by atoms with Crippen LogP contribution in [0.15, 0.2) is 53.1 Å². The molecule has 3 rings (SSSR count). The third-order valence-electron chi connectivity index (χ3n) is 3.37. The molecule has 0 aliphatic rings. The van der Waals surface area contributed by atoms with Crippen molar-refractivity contribution < 1.29 is 14.0 Å². The standard InChI is InChI=1S/C18H15ClN2O3/c1-22-13-7-5-6-12(10-13)11-15(19)18-20-17(21-24-18)14-8-3-4-9-16(14)23-2/h3-11H,1-2H3/b15-11-. The van der Waals surface area contributed by atoms with Crippen LogP contribution in [0.3, 0.4) is 0 Å². The summed E-state index contributed by atoms with van der Waals surface area (Å²) in [4.78, 5) is 4.34. The molecule has 122 valence electrons. The van der Waals surface area contributed by atoms with E-state index >= 15 is 0 Å². The average Bonchev–Trinajstić information content (AvgIpc) is 3.12. The first-order valence-corrected chi connectivity index (χ1v) is 7.58. The lowest BCUT2D eigenvalue weighted by Crippen LogP contribution is -1.88. The zero-order valence-corrected chi connectivity index (χ0v) is 13.9. The highest BCUT2D eigenvalue weighted by molar-refractivity contribution is 6.50. The SMILES string of the molecule is COc1cccc(/C=C(\Cl)c2nc(-c3ccccc3OC)no2)c1. The zero-order valence-electron chi connectivity index (χ0n) is 13.2. The summed E-state index contributed by atoms with van der Waals surface area (Å²) >= 11 is 6.30. The molecule has 0 spiro atoms. The molecule has 5 nitrogen and oxygen atoms in total. The average molecular weight is 343 g/mol. The molecule has 24 heavy (non-hydrogen) atoms. The minimum absolute atomic E-state index is 0.236. The van der Waals surface area contributed by atoms with Gasteiger partial charge in [0.1, 0.15) is 16.5 Å². The van der Waals surface area contributed by atoms with Gasteiger partial charge in [-0.2, -0.15) is 4.98 Å². The van der Waals surface area contributed by atoms with Crippen molar-refractivity contribution in [3.05, 3.63) is 60.0 Å². The Hall–Kier alpha value is -2.79. The number of ether oxygens (including phenoxy) is 2. The quantitative estimate of drug-likeness (QED) is 0.683. The molecule has 0 N–H and O–H groups in total. The van der Waals surface area contributed by atoms with Gasteiger partial charge in [0, 0.05) is 0 Å². The number of para-hydroxylation sites is 1. The number of halogens is 1. The van der Waals surface area contributed by atoms with Crippen LogP contribution >= 0.6 is 11.6 Å². The number of aromatic nitrogens is 2. The van der Waals surface area contributed by atoms with Gasteiger partial charge in [0.25, 0.3) is 5.89 Å². The fraction of sp³-hybridized carbons (Fsp3) is 0.111. The number of nitrogens with zero attached hydrogens (tertiary/aromatic N) is 2. The molecular formula is C18H15ClN2O3. The number of hydrogen-bond donors (Lipinski definition) is 0. The largest absolute Gasteiger partial charge is 0.497 e. The molecule has 1 heterocycles. The topological polar surface area (TPSA) is 57.4 Å². The van der Waals surface area contributed by atoms with E-state index in [0.29, 0.717) is 16.6 Å². The smallest absolute Gasteiger partial charge is 0.269 e. The molecule has 1 aromatic heterocycles. The molecule has 2 aromatic carbocycles. The summed E-state index contributed by atoms with van der Waals surface area (Å²) in [5.74, 6) is 2.06. The van der Waals surface area contributed by atoms with Gasteiger partial charge < -0.3 is 14.0 Å². The Labute approximate surface area is 144 Å². The van der Waals surface area contributed by atoms with E-state index in [4.69, 9.17) is 25.6 Å². The minimum atomic E-state index is 0.236. The fourth-order valence-corrected chi connectivity index (χ4v) is 2.40. The van der Waals surface area contributed by atoms with Crippen molar-refractivity contribution in [2.75, 3.05) is 14.2 Å². The van der Waals surface area contributed by atoms with Crippen LogP contribution in [0.2, 0.25) is 0 Å². The van der Waals surface area contributed by atoms with Gasteiger partial charge >= 0.3 is 0 Å². The van der Waals surface area contributed by atoms with E-state index in [2.05, 4.69) is 10.1 Å². The molecule has 0 aliphatic carbocycles. The molecule has 0 atom stereocenters. The second kappa shape index (κ2) is 7.19. The van der Waals surface area contributed by atoms with Gasteiger partial charge in [0.2, 0.25) is 5.82 Å². The Kier molecular flexibility index (Phi) is 4.82. The zero-order chi connectivity index (χ0) is 16.9. The van der Waals surface area contributed by atoms with Crippen molar-refractivity contribution in [1.82, 2.24) is 10.1 Å². The summed E-state index contributed by atoms with van der Waals surface area (Å²) in [5.41, 5.74) is 1.61. The van der Waals surface area contributed by atoms with Gasteiger partial charge in [-0.05, 0) is 35.9 Å². The van der Waals surface area contributed by atoms with Crippen LogP contribution in [0.25, 0.3) is 22.5 Å². The van der Waals surface area contributed by atoms with Gasteiger partial charge in [-0.1, -0.05) is 41.0 Å². The van der Waals surface area contributed by atoms with E-state index in [1.165, 1.54) is 0 Å². The molecule has 0 fully saturated rings. The van der Waals surface area contributed by atoms with Crippen LogP contribution in [0.5, 0.6) is 11.5 Å². The lowest BCUT2D eigenvalue weighted by atomic mass is 10.2. The molecule has 3 aromatic rings. The van der Waals surface area contributed by atoms with Crippen LogP contribution < -0.4 is 9.47 Å². The highest BCUT2D eigenvalue weighted by Crippen LogP contribution is 2.29. The number of methoxy groups -OCH3 is 2. The molecule has 0 unspecified atom stereocenters. The second-order valence-electron chi connectivity index (χ2n) is 4.89. The van der Waals surface area contributed by atoms with Crippen molar-refractivity contribution in [3.63, 3.8) is 0 Å². The van der Waals surface area contributed by atoms with Crippen LogP contribution in [-0.2, 0) is 0 Å². The highest BCUT2D eigenvalue weighted by Gasteiger charge is 2.14. The molecule has 0 aliphatic heterocycles. The first kappa shape index (κ1) is 16.1. The van der Waals surface area contributed by atoms with Crippen LogP contribution in [0, 0.1) is 0 Å². The molecule has 6 heteroatoms.